The van der Waals surface area contributed by atoms with Gasteiger partial charge in [-0.05, 0) is 25.3 Å². The highest BCUT2D eigenvalue weighted by molar-refractivity contribution is 6.21. The average Bonchev–Trinajstić information content (AvgIpc) is 2.48. The fourth-order valence-electron chi connectivity index (χ4n) is 1.92. The van der Waals surface area contributed by atoms with Crippen LogP contribution in [0.4, 0.5) is 0 Å². The Hall–Kier alpha value is -2.28. The maximum Gasteiger partial charge on any atom is 0.227 e. The minimum Gasteiger partial charge on any atom is -0.490 e. The van der Waals surface area contributed by atoms with Gasteiger partial charge in [0, 0.05) is 18.4 Å². The van der Waals surface area contributed by atoms with Crippen LogP contribution < -0.4 is 0 Å². The van der Waals surface area contributed by atoms with Gasteiger partial charge in [-0.3, -0.25) is 9.59 Å². The molecule has 0 bridgehead atoms. The van der Waals surface area contributed by atoms with Gasteiger partial charge in [-0.1, -0.05) is 6.08 Å². The van der Waals surface area contributed by atoms with Crippen molar-refractivity contribution in [3.63, 3.8) is 0 Å². The molecule has 0 aromatic carbocycles. The summed E-state index contributed by atoms with van der Waals surface area (Å²) in [5.74, 6) is 5.33. The summed E-state index contributed by atoms with van der Waals surface area (Å²) in [6.07, 6.45) is 6.91. The van der Waals surface area contributed by atoms with Crippen LogP contribution in [-0.2, 0) is 19.1 Å². The Bertz CT molecular complexity index is 541. The lowest BCUT2D eigenvalue weighted by Gasteiger charge is -2.16. The Labute approximate surface area is 125 Å². The zero-order valence-electron chi connectivity index (χ0n) is 12.5. The Balaban J connectivity index is 2.59. The van der Waals surface area contributed by atoms with Crippen LogP contribution in [-0.4, -0.2) is 25.8 Å². The lowest BCUT2D eigenvalue weighted by atomic mass is 9.96. The van der Waals surface area contributed by atoms with Crippen molar-refractivity contribution < 1.29 is 19.1 Å². The maximum absolute atomic E-state index is 12.1. The summed E-state index contributed by atoms with van der Waals surface area (Å²) in [6, 6.07) is 0. The van der Waals surface area contributed by atoms with E-state index in [1.54, 1.807) is 0 Å². The van der Waals surface area contributed by atoms with E-state index >= 15 is 0 Å². The van der Waals surface area contributed by atoms with Crippen LogP contribution >= 0.6 is 0 Å². The Kier molecular flexibility index (Phi) is 7.03. The molecule has 4 nitrogen and oxygen atoms in total. The van der Waals surface area contributed by atoms with Crippen LogP contribution in [0.3, 0.4) is 0 Å². The molecule has 0 aliphatic heterocycles. The lowest BCUT2D eigenvalue weighted by Crippen LogP contribution is -2.21. The molecule has 0 spiro atoms. The van der Waals surface area contributed by atoms with Crippen molar-refractivity contribution in [2.75, 3.05) is 14.2 Å². The molecule has 4 heteroatoms. The Morgan fingerprint density at radius 2 is 1.81 bits per heavy atom. The maximum atomic E-state index is 12.1. The number of carbonyl (C=O) groups excluding carboxylic acids is 2. The summed E-state index contributed by atoms with van der Waals surface area (Å²) in [6.45, 7) is 3.65. The summed E-state index contributed by atoms with van der Waals surface area (Å²) >= 11 is 0. The van der Waals surface area contributed by atoms with E-state index in [-0.39, 0.29) is 23.1 Å². The second kappa shape index (κ2) is 8.80. The number of carbonyl (C=O) groups is 2. The third-order valence-electron chi connectivity index (χ3n) is 3.00. The monoisotopic (exact) mass is 288 g/mol. The third-order valence-corrected chi connectivity index (χ3v) is 3.00. The number of Topliss-reactive ketones (excluding diaryl/α,β-unsaturated/α-hetero) is 1. The molecular formula is C17H20O4. The quantitative estimate of drug-likeness (QED) is 0.313. The van der Waals surface area contributed by atoms with Crippen LogP contribution in [0.1, 0.15) is 32.1 Å². The summed E-state index contributed by atoms with van der Waals surface area (Å²) in [7, 11) is 2.69. The molecule has 0 atom stereocenters. The zero-order chi connectivity index (χ0) is 15.7. The Morgan fingerprint density at radius 1 is 1.14 bits per heavy atom. The van der Waals surface area contributed by atoms with Crippen molar-refractivity contribution in [1.29, 1.82) is 0 Å². The minimum atomic E-state index is -0.345. The van der Waals surface area contributed by atoms with Crippen LogP contribution in [0.25, 0.3) is 0 Å². The molecule has 0 unspecified atom stereocenters. The van der Waals surface area contributed by atoms with Gasteiger partial charge in [-0.15, -0.1) is 18.4 Å². The molecule has 0 aromatic rings. The van der Waals surface area contributed by atoms with E-state index in [9.17, 15) is 9.59 Å². The number of hydrogen-bond donors (Lipinski definition) is 0. The van der Waals surface area contributed by atoms with Gasteiger partial charge in [-0.25, -0.2) is 0 Å². The van der Waals surface area contributed by atoms with Crippen LogP contribution in [0, 0.1) is 11.8 Å². The van der Waals surface area contributed by atoms with Gasteiger partial charge >= 0.3 is 0 Å². The van der Waals surface area contributed by atoms with Crippen molar-refractivity contribution in [3.8, 4) is 11.8 Å². The number of unbranched alkanes of at least 4 members (excludes halogenated alkanes) is 2. The summed E-state index contributed by atoms with van der Waals surface area (Å²) in [4.78, 5) is 24.0. The number of ketones is 2. The largest absolute Gasteiger partial charge is 0.490 e. The number of allylic oxidation sites excluding steroid dienone is 3. The molecule has 0 aromatic heterocycles. The fraction of sp³-hybridized carbons (Fsp3) is 0.412. The van der Waals surface area contributed by atoms with Crippen molar-refractivity contribution >= 4 is 11.6 Å². The van der Waals surface area contributed by atoms with Gasteiger partial charge in [0.25, 0.3) is 0 Å². The molecule has 0 N–H and O–H groups in total. The normalized spacial score (nSPS) is 14.3. The standard InChI is InChI=1S/C17H20O4/c1-4-5-6-7-8-9-10-11-13-12-14(18)16(20-2)17(21-3)15(13)19/h4,12H,1,5-7,10-11H2,2-3H3. The highest BCUT2D eigenvalue weighted by Crippen LogP contribution is 2.23. The molecular weight excluding hydrogens is 268 g/mol. The van der Waals surface area contributed by atoms with E-state index in [1.807, 2.05) is 6.08 Å². The minimum absolute atomic E-state index is 0.0288. The van der Waals surface area contributed by atoms with E-state index < -0.39 is 0 Å². The van der Waals surface area contributed by atoms with Gasteiger partial charge in [-0.2, -0.15) is 0 Å². The lowest BCUT2D eigenvalue weighted by molar-refractivity contribution is -0.120. The number of hydrogen-bond acceptors (Lipinski definition) is 4. The summed E-state index contributed by atoms with van der Waals surface area (Å²) in [5, 5.41) is 0. The average molecular weight is 288 g/mol. The number of ether oxygens (including phenoxy) is 2. The van der Waals surface area contributed by atoms with Crippen LogP contribution in [0.15, 0.2) is 35.8 Å². The molecule has 0 amide bonds. The predicted octanol–water partition coefficient (Wildman–Crippen LogP) is 2.71. The first kappa shape index (κ1) is 16.8. The predicted molar refractivity (Wildman–Crippen MR) is 80.2 cm³/mol. The van der Waals surface area contributed by atoms with E-state index in [4.69, 9.17) is 9.47 Å². The SMILES string of the molecule is C=CCCCC#CCCC1=CC(=O)C(OC)=C(OC)C1=O. The first-order valence-corrected chi connectivity index (χ1v) is 6.84. The van der Waals surface area contributed by atoms with E-state index in [2.05, 4.69) is 18.4 Å². The molecule has 1 aliphatic carbocycles. The van der Waals surface area contributed by atoms with Gasteiger partial charge in [0.1, 0.15) is 0 Å². The molecule has 1 rings (SSSR count). The smallest absolute Gasteiger partial charge is 0.227 e. The molecule has 1 aliphatic rings. The number of rotatable bonds is 7. The molecule has 0 fully saturated rings. The van der Waals surface area contributed by atoms with Crippen molar-refractivity contribution in [3.05, 3.63) is 35.8 Å². The summed E-state index contributed by atoms with van der Waals surface area (Å²) in [5.41, 5.74) is 0.415. The van der Waals surface area contributed by atoms with E-state index in [0.717, 1.165) is 19.3 Å². The topological polar surface area (TPSA) is 52.6 Å². The second-order valence-corrected chi connectivity index (χ2v) is 4.46. The fourth-order valence-corrected chi connectivity index (χ4v) is 1.92. The first-order valence-electron chi connectivity index (χ1n) is 6.84. The van der Waals surface area contributed by atoms with Crippen molar-refractivity contribution in [2.45, 2.75) is 32.1 Å². The van der Waals surface area contributed by atoms with Crippen molar-refractivity contribution in [1.82, 2.24) is 0 Å². The second-order valence-electron chi connectivity index (χ2n) is 4.46. The molecule has 21 heavy (non-hydrogen) atoms. The first-order chi connectivity index (χ1) is 10.2. The van der Waals surface area contributed by atoms with Gasteiger partial charge in [0.15, 0.2) is 0 Å². The zero-order valence-corrected chi connectivity index (χ0v) is 12.5. The van der Waals surface area contributed by atoms with Gasteiger partial charge < -0.3 is 9.47 Å². The molecule has 0 saturated carbocycles. The van der Waals surface area contributed by atoms with E-state index in [1.165, 1.54) is 20.3 Å². The molecule has 0 radical (unpaired) electrons. The third kappa shape index (κ3) is 4.64. The van der Waals surface area contributed by atoms with Gasteiger partial charge in [0.05, 0.1) is 14.2 Å². The summed E-state index contributed by atoms with van der Waals surface area (Å²) < 4.78 is 9.89. The molecule has 0 saturated heterocycles. The van der Waals surface area contributed by atoms with Gasteiger partial charge in [0.2, 0.25) is 23.1 Å². The molecule has 112 valence electrons. The van der Waals surface area contributed by atoms with Crippen molar-refractivity contribution in [2.24, 2.45) is 0 Å². The highest BCUT2D eigenvalue weighted by atomic mass is 16.5. The highest BCUT2D eigenvalue weighted by Gasteiger charge is 2.30. The van der Waals surface area contributed by atoms with Crippen LogP contribution in [0.5, 0.6) is 0 Å². The van der Waals surface area contributed by atoms with E-state index in [0.29, 0.717) is 18.4 Å². The van der Waals surface area contributed by atoms with Crippen LogP contribution in [0.2, 0.25) is 0 Å². The number of methoxy groups -OCH3 is 2. The Morgan fingerprint density at radius 3 is 2.43 bits per heavy atom. The molecule has 0 heterocycles.